The average Bonchev–Trinajstić information content (AvgIpc) is 2.56. The van der Waals surface area contributed by atoms with Crippen LogP contribution in [0.4, 0.5) is 18.0 Å². The second-order valence-corrected chi connectivity index (χ2v) is 6.05. The lowest BCUT2D eigenvalue weighted by Gasteiger charge is -2.37. The van der Waals surface area contributed by atoms with Crippen molar-refractivity contribution in [2.24, 2.45) is 11.8 Å². The normalized spacial score (nSPS) is 20.1. The minimum atomic E-state index is -5.08. The lowest BCUT2D eigenvalue weighted by atomic mass is 9.79. The van der Waals surface area contributed by atoms with Crippen molar-refractivity contribution in [2.75, 3.05) is 32.7 Å². The number of carboxylic acids is 1. The van der Waals surface area contributed by atoms with E-state index in [1.807, 2.05) is 11.8 Å². The van der Waals surface area contributed by atoms with E-state index in [0.29, 0.717) is 0 Å². The summed E-state index contributed by atoms with van der Waals surface area (Å²) in [5, 5.41) is 13.4. The summed E-state index contributed by atoms with van der Waals surface area (Å²) in [5.41, 5.74) is 0. The van der Waals surface area contributed by atoms with Gasteiger partial charge in [0.05, 0.1) is 0 Å². The van der Waals surface area contributed by atoms with Gasteiger partial charge in [-0.1, -0.05) is 0 Å². The maximum Gasteiger partial charge on any atom is 0.490 e. The molecule has 2 heterocycles. The smallest absolute Gasteiger partial charge is 0.475 e. The van der Waals surface area contributed by atoms with Crippen LogP contribution < -0.4 is 10.6 Å². The molecule has 2 amide bonds. The second-order valence-electron chi connectivity index (χ2n) is 6.05. The first-order valence-corrected chi connectivity index (χ1v) is 8.29. The summed E-state index contributed by atoms with van der Waals surface area (Å²) in [4.78, 5) is 22.6. The third-order valence-corrected chi connectivity index (χ3v) is 4.45. The van der Waals surface area contributed by atoms with Crippen LogP contribution in [0.3, 0.4) is 0 Å². The summed E-state index contributed by atoms with van der Waals surface area (Å²) >= 11 is 0. The molecule has 0 saturated carbocycles. The number of rotatable bonds is 2. The van der Waals surface area contributed by atoms with E-state index in [1.54, 1.807) is 0 Å². The van der Waals surface area contributed by atoms with Crippen LogP contribution in [0.15, 0.2) is 0 Å². The van der Waals surface area contributed by atoms with Crippen LogP contribution in [0.1, 0.15) is 32.6 Å². The number of nitrogens with zero attached hydrogens (tertiary/aromatic N) is 1. The number of amides is 2. The van der Waals surface area contributed by atoms with Crippen LogP contribution in [0.5, 0.6) is 0 Å². The first kappa shape index (κ1) is 20.5. The van der Waals surface area contributed by atoms with Gasteiger partial charge in [0.15, 0.2) is 0 Å². The molecule has 2 aliphatic rings. The van der Waals surface area contributed by atoms with Crippen LogP contribution in [0, 0.1) is 11.8 Å². The van der Waals surface area contributed by atoms with Crippen molar-refractivity contribution in [1.29, 1.82) is 0 Å². The summed E-state index contributed by atoms with van der Waals surface area (Å²) in [6.07, 6.45) is -0.0404. The van der Waals surface area contributed by atoms with E-state index in [1.165, 1.54) is 38.8 Å². The Kier molecular flexibility index (Phi) is 8.30. The molecule has 0 spiro atoms. The van der Waals surface area contributed by atoms with Gasteiger partial charge < -0.3 is 20.6 Å². The number of alkyl halides is 3. The Balaban J connectivity index is 0.000000351. The van der Waals surface area contributed by atoms with E-state index >= 15 is 0 Å². The van der Waals surface area contributed by atoms with Gasteiger partial charge in [0.2, 0.25) is 0 Å². The van der Waals surface area contributed by atoms with Gasteiger partial charge in [-0.15, -0.1) is 0 Å². The molecule has 140 valence electrons. The molecule has 2 aliphatic heterocycles. The average molecular weight is 353 g/mol. The molecule has 2 fully saturated rings. The summed E-state index contributed by atoms with van der Waals surface area (Å²) in [6.45, 7) is 6.95. The van der Waals surface area contributed by atoms with E-state index in [0.717, 1.165) is 31.5 Å². The standard InChI is InChI=1S/C13H25N3O.C2HF3O2/c1-2-15-13(17)16-9-5-12(6-10-16)11-3-7-14-8-4-11;3-2(4,5)1(6)7/h11-12,14H,2-10H2,1H3,(H,15,17);(H,6,7). The van der Waals surface area contributed by atoms with E-state index in [4.69, 9.17) is 9.90 Å². The minimum Gasteiger partial charge on any atom is -0.475 e. The number of carboxylic acid groups (broad SMARTS) is 1. The topological polar surface area (TPSA) is 81.7 Å². The zero-order valence-electron chi connectivity index (χ0n) is 13.9. The van der Waals surface area contributed by atoms with Crippen LogP contribution in [0.25, 0.3) is 0 Å². The molecular formula is C15H26F3N3O3. The quantitative estimate of drug-likeness (QED) is 0.710. The third kappa shape index (κ3) is 6.94. The van der Waals surface area contributed by atoms with Crippen molar-refractivity contribution >= 4 is 12.0 Å². The van der Waals surface area contributed by atoms with Crippen molar-refractivity contribution in [3.63, 3.8) is 0 Å². The fraction of sp³-hybridized carbons (Fsp3) is 0.867. The third-order valence-electron chi connectivity index (χ3n) is 4.45. The van der Waals surface area contributed by atoms with Crippen molar-refractivity contribution < 1.29 is 27.9 Å². The predicted octanol–water partition coefficient (Wildman–Crippen LogP) is 2.06. The summed E-state index contributed by atoms with van der Waals surface area (Å²) in [6, 6.07) is 0.122. The van der Waals surface area contributed by atoms with Gasteiger partial charge in [-0.25, -0.2) is 9.59 Å². The van der Waals surface area contributed by atoms with Gasteiger partial charge in [-0.3, -0.25) is 0 Å². The fourth-order valence-electron chi connectivity index (χ4n) is 3.15. The maximum atomic E-state index is 11.7. The van der Waals surface area contributed by atoms with Gasteiger partial charge >= 0.3 is 18.2 Å². The van der Waals surface area contributed by atoms with Gasteiger partial charge in [0.25, 0.3) is 0 Å². The summed E-state index contributed by atoms with van der Waals surface area (Å²) in [7, 11) is 0. The zero-order valence-corrected chi connectivity index (χ0v) is 13.9. The molecular weight excluding hydrogens is 327 g/mol. The van der Waals surface area contributed by atoms with Gasteiger partial charge in [0.1, 0.15) is 0 Å². The number of hydrogen-bond acceptors (Lipinski definition) is 3. The molecule has 3 N–H and O–H groups in total. The van der Waals surface area contributed by atoms with Crippen LogP contribution in [-0.4, -0.2) is 60.9 Å². The molecule has 24 heavy (non-hydrogen) atoms. The van der Waals surface area contributed by atoms with Crippen LogP contribution in [-0.2, 0) is 4.79 Å². The Morgan fingerprint density at radius 2 is 1.58 bits per heavy atom. The number of carbonyl (C=O) groups is 2. The highest BCUT2D eigenvalue weighted by atomic mass is 19.4. The maximum absolute atomic E-state index is 11.7. The van der Waals surface area contributed by atoms with Crippen molar-refractivity contribution in [2.45, 2.75) is 38.8 Å². The highest BCUT2D eigenvalue weighted by Gasteiger charge is 2.38. The molecule has 0 unspecified atom stereocenters. The lowest BCUT2D eigenvalue weighted by molar-refractivity contribution is -0.192. The fourth-order valence-corrected chi connectivity index (χ4v) is 3.15. The van der Waals surface area contributed by atoms with Crippen LogP contribution >= 0.6 is 0 Å². The van der Waals surface area contributed by atoms with Gasteiger partial charge in [-0.2, -0.15) is 13.2 Å². The number of hydrogen-bond donors (Lipinski definition) is 3. The van der Waals surface area contributed by atoms with E-state index in [-0.39, 0.29) is 6.03 Å². The molecule has 0 aromatic rings. The second kappa shape index (κ2) is 9.71. The number of aliphatic carboxylic acids is 1. The number of urea groups is 1. The Morgan fingerprint density at radius 3 is 2.00 bits per heavy atom. The molecule has 0 bridgehead atoms. The van der Waals surface area contributed by atoms with E-state index in [9.17, 15) is 18.0 Å². The molecule has 0 aromatic heterocycles. The zero-order chi connectivity index (χ0) is 18.2. The Morgan fingerprint density at radius 1 is 1.12 bits per heavy atom. The van der Waals surface area contributed by atoms with E-state index in [2.05, 4.69) is 10.6 Å². The van der Waals surface area contributed by atoms with Crippen LogP contribution in [0.2, 0.25) is 0 Å². The first-order valence-electron chi connectivity index (χ1n) is 8.29. The Labute approximate surface area is 139 Å². The number of carbonyl (C=O) groups excluding carboxylic acids is 1. The number of nitrogens with one attached hydrogen (secondary N) is 2. The molecule has 0 atom stereocenters. The monoisotopic (exact) mass is 353 g/mol. The van der Waals surface area contributed by atoms with Gasteiger partial charge in [0, 0.05) is 19.6 Å². The summed E-state index contributed by atoms with van der Waals surface area (Å²) in [5.74, 6) is -1.01. The van der Waals surface area contributed by atoms with Crippen molar-refractivity contribution in [3.05, 3.63) is 0 Å². The molecule has 0 aromatic carbocycles. The molecule has 6 nitrogen and oxygen atoms in total. The molecule has 2 rings (SSSR count). The molecule has 0 aliphatic carbocycles. The highest BCUT2D eigenvalue weighted by Crippen LogP contribution is 2.30. The SMILES string of the molecule is CCNC(=O)N1CCC(C2CCNCC2)CC1.O=C(O)C(F)(F)F. The minimum absolute atomic E-state index is 0.122. The number of likely N-dealkylation sites (tertiary alicyclic amines) is 1. The number of piperidine rings is 2. The first-order chi connectivity index (χ1) is 11.3. The number of halogens is 3. The molecule has 9 heteroatoms. The largest absolute Gasteiger partial charge is 0.490 e. The Bertz CT molecular complexity index is 405. The predicted molar refractivity (Wildman–Crippen MR) is 82.7 cm³/mol. The highest BCUT2D eigenvalue weighted by molar-refractivity contribution is 5.74. The molecule has 2 saturated heterocycles. The molecule has 0 radical (unpaired) electrons. The Hall–Kier alpha value is -1.51. The van der Waals surface area contributed by atoms with Crippen molar-refractivity contribution in [1.82, 2.24) is 15.5 Å². The van der Waals surface area contributed by atoms with E-state index < -0.39 is 12.1 Å². The van der Waals surface area contributed by atoms with Gasteiger partial charge in [-0.05, 0) is 57.5 Å². The van der Waals surface area contributed by atoms with Crippen molar-refractivity contribution in [3.8, 4) is 0 Å². The lowest BCUT2D eigenvalue weighted by Crippen LogP contribution is -2.46. The summed E-state index contributed by atoms with van der Waals surface area (Å²) < 4.78 is 31.7.